The zero-order valence-electron chi connectivity index (χ0n) is 11.5. The molecule has 2 aliphatic rings. The second-order valence-corrected chi connectivity index (χ2v) is 6.57. The van der Waals surface area contributed by atoms with E-state index in [1.807, 2.05) is 17.0 Å². The van der Waals surface area contributed by atoms with Crippen molar-refractivity contribution in [3.8, 4) is 11.5 Å². The molecular weight excluding hydrogens is 322 g/mol. The van der Waals surface area contributed by atoms with Crippen LogP contribution < -0.4 is 9.47 Å². The lowest BCUT2D eigenvalue weighted by Gasteiger charge is -2.34. The highest BCUT2D eigenvalue weighted by atomic mass is 79.9. The molecule has 1 aromatic carbocycles. The highest BCUT2D eigenvalue weighted by Gasteiger charge is 2.28. The second-order valence-electron chi connectivity index (χ2n) is 5.39. The van der Waals surface area contributed by atoms with Gasteiger partial charge in [0.1, 0.15) is 13.2 Å². The van der Waals surface area contributed by atoms with E-state index in [2.05, 4.69) is 22.9 Å². The Labute approximate surface area is 127 Å². The fraction of sp³-hybridized carbons (Fsp3) is 0.533. The molecule has 2 atom stereocenters. The van der Waals surface area contributed by atoms with Gasteiger partial charge in [-0.15, -0.1) is 0 Å². The van der Waals surface area contributed by atoms with Crippen molar-refractivity contribution in [3.63, 3.8) is 0 Å². The van der Waals surface area contributed by atoms with Gasteiger partial charge >= 0.3 is 0 Å². The van der Waals surface area contributed by atoms with Gasteiger partial charge in [0, 0.05) is 23.5 Å². The molecule has 0 aromatic heterocycles. The van der Waals surface area contributed by atoms with Gasteiger partial charge in [0.15, 0.2) is 11.5 Å². The minimum atomic E-state index is 0.0679. The minimum Gasteiger partial charge on any atom is -0.486 e. The Morgan fingerprint density at radius 3 is 2.80 bits per heavy atom. The predicted molar refractivity (Wildman–Crippen MR) is 79.8 cm³/mol. The highest BCUT2D eigenvalue weighted by Crippen LogP contribution is 2.32. The number of rotatable bonds is 1. The number of nitrogens with zero attached hydrogens (tertiary/aromatic N) is 1. The number of carbonyl (C=O) groups excluding carboxylic acids is 1. The molecule has 3 rings (SSSR count). The van der Waals surface area contributed by atoms with Crippen molar-refractivity contribution < 1.29 is 14.3 Å². The molecule has 1 saturated heterocycles. The van der Waals surface area contributed by atoms with E-state index in [1.165, 1.54) is 0 Å². The molecule has 0 N–H and O–H groups in total. The zero-order valence-corrected chi connectivity index (χ0v) is 13.1. The van der Waals surface area contributed by atoms with Crippen molar-refractivity contribution in [2.45, 2.75) is 18.2 Å². The van der Waals surface area contributed by atoms with Crippen LogP contribution in [0.15, 0.2) is 18.2 Å². The molecule has 1 fully saturated rings. The number of hydrogen-bond acceptors (Lipinski definition) is 3. The van der Waals surface area contributed by atoms with Crippen LogP contribution in [0, 0.1) is 5.92 Å². The van der Waals surface area contributed by atoms with E-state index < -0.39 is 0 Å². The Kier molecular flexibility index (Phi) is 3.87. The molecule has 0 spiro atoms. The summed E-state index contributed by atoms with van der Waals surface area (Å²) in [6.07, 6.45) is 1.03. The number of hydrogen-bond donors (Lipinski definition) is 0. The molecule has 0 saturated carbocycles. The van der Waals surface area contributed by atoms with E-state index in [9.17, 15) is 4.79 Å². The summed E-state index contributed by atoms with van der Waals surface area (Å²) in [6.45, 7) is 4.89. The third kappa shape index (κ3) is 2.64. The average molecular weight is 340 g/mol. The molecule has 108 valence electrons. The fourth-order valence-electron chi connectivity index (χ4n) is 2.57. The number of alkyl halides is 1. The molecule has 0 radical (unpaired) electrons. The smallest absolute Gasteiger partial charge is 0.254 e. The second kappa shape index (κ2) is 5.64. The van der Waals surface area contributed by atoms with Gasteiger partial charge < -0.3 is 14.4 Å². The first kappa shape index (κ1) is 13.7. The number of likely N-dealkylation sites (tertiary alicyclic amines) is 1. The molecule has 2 aliphatic heterocycles. The Morgan fingerprint density at radius 1 is 1.30 bits per heavy atom. The molecular formula is C15H18BrNO3. The van der Waals surface area contributed by atoms with Gasteiger partial charge in [-0.05, 0) is 30.5 Å². The number of amides is 1. The molecule has 0 aliphatic carbocycles. The molecule has 1 amide bonds. The maximum atomic E-state index is 12.5. The van der Waals surface area contributed by atoms with Crippen LogP contribution in [-0.4, -0.2) is 41.9 Å². The molecule has 20 heavy (non-hydrogen) atoms. The summed E-state index contributed by atoms with van der Waals surface area (Å²) in [5, 5.41) is 0. The molecule has 4 nitrogen and oxygen atoms in total. The van der Waals surface area contributed by atoms with Crippen LogP contribution >= 0.6 is 15.9 Å². The van der Waals surface area contributed by atoms with Gasteiger partial charge in [-0.3, -0.25) is 4.79 Å². The Balaban J connectivity index is 1.77. The third-order valence-electron chi connectivity index (χ3n) is 3.94. The molecule has 0 bridgehead atoms. The van der Waals surface area contributed by atoms with Crippen LogP contribution in [0.3, 0.4) is 0 Å². The SMILES string of the molecule is CC1CCN(C(=O)c2ccc3c(c2)OCCO3)CC1Br. The van der Waals surface area contributed by atoms with Crippen LogP contribution in [0.4, 0.5) is 0 Å². The zero-order chi connectivity index (χ0) is 14.1. The van der Waals surface area contributed by atoms with E-state index in [4.69, 9.17) is 9.47 Å². The minimum absolute atomic E-state index is 0.0679. The van der Waals surface area contributed by atoms with E-state index in [1.54, 1.807) is 6.07 Å². The average Bonchev–Trinajstić information content (AvgIpc) is 2.49. The van der Waals surface area contributed by atoms with Crippen LogP contribution in [0.2, 0.25) is 0 Å². The molecule has 2 unspecified atom stereocenters. The summed E-state index contributed by atoms with van der Waals surface area (Å²) in [6, 6.07) is 5.43. The summed E-state index contributed by atoms with van der Waals surface area (Å²) >= 11 is 3.66. The van der Waals surface area contributed by atoms with Crippen molar-refractivity contribution in [2.24, 2.45) is 5.92 Å². The van der Waals surface area contributed by atoms with E-state index in [-0.39, 0.29) is 5.91 Å². The third-order valence-corrected chi connectivity index (χ3v) is 5.13. The van der Waals surface area contributed by atoms with E-state index >= 15 is 0 Å². The number of benzene rings is 1. The summed E-state index contributed by atoms with van der Waals surface area (Å²) < 4.78 is 11.0. The summed E-state index contributed by atoms with van der Waals surface area (Å²) in [7, 11) is 0. The van der Waals surface area contributed by atoms with Crippen molar-refractivity contribution in [1.29, 1.82) is 0 Å². The van der Waals surface area contributed by atoms with Gasteiger partial charge in [-0.2, -0.15) is 0 Å². The topological polar surface area (TPSA) is 38.8 Å². The predicted octanol–water partition coefficient (Wildman–Crippen LogP) is 2.70. The lowest BCUT2D eigenvalue weighted by Crippen LogP contribution is -2.43. The fourth-order valence-corrected chi connectivity index (χ4v) is 3.18. The number of piperidine rings is 1. The molecule has 5 heteroatoms. The molecule has 2 heterocycles. The first-order valence-electron chi connectivity index (χ1n) is 6.98. The van der Waals surface area contributed by atoms with Crippen LogP contribution in [0.1, 0.15) is 23.7 Å². The number of halogens is 1. The Bertz CT molecular complexity index is 520. The first-order valence-corrected chi connectivity index (χ1v) is 7.89. The Hall–Kier alpha value is -1.23. The maximum Gasteiger partial charge on any atom is 0.254 e. The molecule has 1 aromatic rings. The van der Waals surface area contributed by atoms with Gasteiger partial charge in [-0.1, -0.05) is 22.9 Å². The van der Waals surface area contributed by atoms with Crippen molar-refractivity contribution >= 4 is 21.8 Å². The van der Waals surface area contributed by atoms with Crippen molar-refractivity contribution in [1.82, 2.24) is 4.90 Å². The van der Waals surface area contributed by atoms with Gasteiger partial charge in [0.25, 0.3) is 5.91 Å². The van der Waals surface area contributed by atoms with Crippen LogP contribution in [0.25, 0.3) is 0 Å². The largest absolute Gasteiger partial charge is 0.486 e. The van der Waals surface area contributed by atoms with Crippen LogP contribution in [-0.2, 0) is 0 Å². The van der Waals surface area contributed by atoms with E-state index in [0.717, 1.165) is 25.3 Å². The summed E-state index contributed by atoms with van der Waals surface area (Å²) in [4.78, 5) is 14.8. The Morgan fingerprint density at radius 2 is 2.05 bits per heavy atom. The number of ether oxygens (including phenoxy) is 2. The van der Waals surface area contributed by atoms with Crippen LogP contribution in [0.5, 0.6) is 11.5 Å². The maximum absolute atomic E-state index is 12.5. The van der Waals surface area contributed by atoms with Crippen molar-refractivity contribution in [3.05, 3.63) is 23.8 Å². The monoisotopic (exact) mass is 339 g/mol. The van der Waals surface area contributed by atoms with E-state index in [0.29, 0.717) is 35.3 Å². The first-order chi connectivity index (χ1) is 9.65. The standard InChI is InChI=1S/C15H18BrNO3/c1-10-4-5-17(9-12(10)16)15(18)11-2-3-13-14(8-11)20-7-6-19-13/h2-3,8,10,12H,4-7,9H2,1H3. The summed E-state index contributed by atoms with van der Waals surface area (Å²) in [5.74, 6) is 2.07. The van der Waals surface area contributed by atoms with Gasteiger partial charge in [0.2, 0.25) is 0 Å². The number of fused-ring (bicyclic) bond motifs is 1. The quantitative estimate of drug-likeness (QED) is 0.738. The highest BCUT2D eigenvalue weighted by molar-refractivity contribution is 9.09. The lowest BCUT2D eigenvalue weighted by atomic mass is 9.98. The van der Waals surface area contributed by atoms with Gasteiger partial charge in [-0.25, -0.2) is 0 Å². The normalized spacial score (nSPS) is 25.4. The lowest BCUT2D eigenvalue weighted by molar-refractivity contribution is 0.0705. The number of carbonyl (C=O) groups is 1. The van der Waals surface area contributed by atoms with Gasteiger partial charge in [0.05, 0.1) is 0 Å². The van der Waals surface area contributed by atoms with Crippen molar-refractivity contribution in [2.75, 3.05) is 26.3 Å². The summed E-state index contributed by atoms with van der Waals surface area (Å²) in [5.41, 5.74) is 0.670.